The van der Waals surface area contributed by atoms with E-state index in [1.807, 2.05) is 0 Å². The second kappa shape index (κ2) is 4.43. The second-order valence-electron chi connectivity index (χ2n) is 3.77. The maximum Gasteiger partial charge on any atom is 0.00693 e. The lowest BCUT2D eigenvalue weighted by atomic mass is 9.87. The van der Waals surface area contributed by atoms with Crippen LogP contribution in [0.2, 0.25) is 0 Å². The molecule has 0 spiro atoms. The van der Waals surface area contributed by atoms with Crippen molar-refractivity contribution in [3.8, 4) is 0 Å². The van der Waals surface area contributed by atoms with Gasteiger partial charge in [-0.05, 0) is 35.1 Å². The standard InChI is InChI=1S/C11H16S2/c1-11(2,8-12)9-4-6-10(13-3)7-5-9/h4-7,12H,8H2,1-3H3. The van der Waals surface area contributed by atoms with Crippen LogP contribution in [0.15, 0.2) is 29.2 Å². The molecule has 0 bridgehead atoms. The van der Waals surface area contributed by atoms with Gasteiger partial charge in [-0.1, -0.05) is 26.0 Å². The van der Waals surface area contributed by atoms with Crippen LogP contribution in [0.4, 0.5) is 0 Å². The molecule has 0 N–H and O–H groups in total. The summed E-state index contributed by atoms with van der Waals surface area (Å²) in [6.07, 6.45) is 2.10. The Hall–Kier alpha value is -0.0800. The van der Waals surface area contributed by atoms with E-state index in [2.05, 4.69) is 57.0 Å². The third-order valence-electron chi connectivity index (χ3n) is 2.27. The van der Waals surface area contributed by atoms with Gasteiger partial charge in [-0.2, -0.15) is 12.6 Å². The van der Waals surface area contributed by atoms with Gasteiger partial charge in [-0.25, -0.2) is 0 Å². The quantitative estimate of drug-likeness (QED) is 0.590. The zero-order chi connectivity index (χ0) is 9.90. The second-order valence-corrected chi connectivity index (χ2v) is 4.97. The zero-order valence-corrected chi connectivity index (χ0v) is 10.1. The third kappa shape index (κ3) is 2.68. The summed E-state index contributed by atoms with van der Waals surface area (Å²) >= 11 is 6.13. The van der Waals surface area contributed by atoms with Crippen molar-refractivity contribution in [2.24, 2.45) is 0 Å². The van der Waals surface area contributed by atoms with Gasteiger partial charge in [0.2, 0.25) is 0 Å². The third-order valence-corrected chi connectivity index (χ3v) is 3.80. The number of thioether (sulfide) groups is 1. The summed E-state index contributed by atoms with van der Waals surface area (Å²) in [6.45, 7) is 4.43. The molecule has 0 aliphatic carbocycles. The monoisotopic (exact) mass is 212 g/mol. The molecule has 0 aromatic heterocycles. The molecular formula is C11H16S2. The van der Waals surface area contributed by atoms with E-state index in [1.54, 1.807) is 11.8 Å². The molecular weight excluding hydrogens is 196 g/mol. The fraction of sp³-hybridized carbons (Fsp3) is 0.455. The van der Waals surface area contributed by atoms with Gasteiger partial charge in [0.1, 0.15) is 0 Å². The van der Waals surface area contributed by atoms with Gasteiger partial charge in [-0.15, -0.1) is 11.8 Å². The van der Waals surface area contributed by atoms with Gasteiger partial charge < -0.3 is 0 Å². The van der Waals surface area contributed by atoms with Crippen LogP contribution in [-0.2, 0) is 5.41 Å². The van der Waals surface area contributed by atoms with Crippen LogP contribution in [-0.4, -0.2) is 12.0 Å². The van der Waals surface area contributed by atoms with E-state index in [-0.39, 0.29) is 5.41 Å². The average molecular weight is 212 g/mol. The Labute approximate surface area is 90.5 Å². The van der Waals surface area contributed by atoms with Crippen LogP contribution in [0, 0.1) is 0 Å². The number of hydrogen-bond acceptors (Lipinski definition) is 2. The van der Waals surface area contributed by atoms with Crippen LogP contribution in [0.25, 0.3) is 0 Å². The van der Waals surface area contributed by atoms with Crippen molar-refractivity contribution in [3.05, 3.63) is 29.8 Å². The largest absolute Gasteiger partial charge is 0.178 e. The minimum absolute atomic E-state index is 0.181. The minimum Gasteiger partial charge on any atom is -0.178 e. The molecule has 0 unspecified atom stereocenters. The van der Waals surface area contributed by atoms with Crippen molar-refractivity contribution in [2.75, 3.05) is 12.0 Å². The lowest BCUT2D eigenvalue weighted by molar-refractivity contribution is 0.603. The van der Waals surface area contributed by atoms with Crippen molar-refractivity contribution in [1.82, 2.24) is 0 Å². The molecule has 0 saturated heterocycles. The number of benzene rings is 1. The van der Waals surface area contributed by atoms with Gasteiger partial charge in [0.25, 0.3) is 0 Å². The minimum atomic E-state index is 0.181. The first kappa shape index (κ1) is 11.0. The van der Waals surface area contributed by atoms with Crippen molar-refractivity contribution in [3.63, 3.8) is 0 Å². The van der Waals surface area contributed by atoms with Gasteiger partial charge in [0.05, 0.1) is 0 Å². The maximum atomic E-state index is 4.36. The highest BCUT2D eigenvalue weighted by Gasteiger charge is 2.17. The van der Waals surface area contributed by atoms with Gasteiger partial charge in [0.15, 0.2) is 0 Å². The van der Waals surface area contributed by atoms with E-state index in [0.29, 0.717) is 0 Å². The molecule has 1 aromatic rings. The van der Waals surface area contributed by atoms with Gasteiger partial charge >= 0.3 is 0 Å². The number of hydrogen-bond donors (Lipinski definition) is 1. The number of thiol groups is 1. The highest BCUT2D eigenvalue weighted by atomic mass is 32.2. The average Bonchev–Trinajstić information content (AvgIpc) is 2.18. The van der Waals surface area contributed by atoms with E-state index in [9.17, 15) is 0 Å². The summed E-state index contributed by atoms with van der Waals surface area (Å²) in [6, 6.07) is 8.74. The molecule has 0 radical (unpaired) electrons. The smallest absolute Gasteiger partial charge is 0.00693 e. The molecule has 0 aliphatic heterocycles. The predicted molar refractivity (Wildman–Crippen MR) is 65.1 cm³/mol. The van der Waals surface area contributed by atoms with Crippen molar-refractivity contribution >= 4 is 24.4 Å². The Kier molecular flexibility index (Phi) is 3.74. The van der Waals surface area contributed by atoms with Crippen molar-refractivity contribution in [1.29, 1.82) is 0 Å². The summed E-state index contributed by atoms with van der Waals surface area (Å²) < 4.78 is 0. The lowest BCUT2D eigenvalue weighted by Gasteiger charge is -2.22. The molecule has 1 rings (SSSR count). The summed E-state index contributed by atoms with van der Waals surface area (Å²) in [5, 5.41) is 0. The fourth-order valence-electron chi connectivity index (χ4n) is 1.13. The van der Waals surface area contributed by atoms with Crippen LogP contribution in [0.1, 0.15) is 19.4 Å². The molecule has 72 valence electrons. The van der Waals surface area contributed by atoms with E-state index in [1.165, 1.54) is 10.5 Å². The van der Waals surface area contributed by atoms with Crippen LogP contribution < -0.4 is 0 Å². The normalized spacial score (nSPS) is 11.7. The topological polar surface area (TPSA) is 0 Å². The Morgan fingerprint density at radius 2 is 1.77 bits per heavy atom. The summed E-state index contributed by atoms with van der Waals surface area (Å²) in [5.74, 6) is 0.881. The Morgan fingerprint density at radius 3 is 2.15 bits per heavy atom. The Morgan fingerprint density at radius 1 is 1.23 bits per heavy atom. The molecule has 0 aliphatic rings. The van der Waals surface area contributed by atoms with E-state index in [4.69, 9.17) is 0 Å². The van der Waals surface area contributed by atoms with E-state index in [0.717, 1.165) is 5.75 Å². The molecule has 0 nitrogen and oxygen atoms in total. The van der Waals surface area contributed by atoms with Gasteiger partial charge in [0, 0.05) is 4.90 Å². The van der Waals surface area contributed by atoms with Gasteiger partial charge in [-0.3, -0.25) is 0 Å². The first-order valence-corrected chi connectivity index (χ1v) is 6.21. The molecule has 0 heterocycles. The number of rotatable bonds is 3. The summed E-state index contributed by atoms with van der Waals surface area (Å²) in [4.78, 5) is 1.32. The first-order valence-electron chi connectivity index (χ1n) is 4.35. The highest BCUT2D eigenvalue weighted by Crippen LogP contribution is 2.26. The Bertz CT molecular complexity index is 262. The molecule has 0 amide bonds. The van der Waals surface area contributed by atoms with Crippen molar-refractivity contribution < 1.29 is 0 Å². The molecule has 0 fully saturated rings. The Balaban J connectivity index is 2.92. The molecule has 0 atom stereocenters. The zero-order valence-electron chi connectivity index (χ0n) is 8.37. The predicted octanol–water partition coefficient (Wildman–Crippen LogP) is 3.62. The maximum absolute atomic E-state index is 4.36. The van der Waals surface area contributed by atoms with Crippen molar-refractivity contribution in [2.45, 2.75) is 24.2 Å². The van der Waals surface area contributed by atoms with E-state index < -0.39 is 0 Å². The highest BCUT2D eigenvalue weighted by molar-refractivity contribution is 7.98. The van der Waals surface area contributed by atoms with Crippen LogP contribution >= 0.6 is 24.4 Å². The van der Waals surface area contributed by atoms with Crippen LogP contribution in [0.3, 0.4) is 0 Å². The summed E-state index contributed by atoms with van der Waals surface area (Å²) in [5.41, 5.74) is 1.54. The first-order chi connectivity index (χ1) is 6.10. The summed E-state index contributed by atoms with van der Waals surface area (Å²) in [7, 11) is 0. The molecule has 0 saturated carbocycles. The fourth-order valence-corrected chi connectivity index (χ4v) is 1.72. The molecule has 1 aromatic carbocycles. The molecule has 2 heteroatoms. The SMILES string of the molecule is CSc1ccc(C(C)(C)CS)cc1. The van der Waals surface area contributed by atoms with Crippen LogP contribution in [0.5, 0.6) is 0 Å². The lowest BCUT2D eigenvalue weighted by Crippen LogP contribution is -2.18. The molecule has 13 heavy (non-hydrogen) atoms. The van der Waals surface area contributed by atoms with E-state index >= 15 is 0 Å².